The molecule has 0 unspecified atom stereocenters. The molecule has 8 nitrogen and oxygen atoms in total. The molecule has 204 valence electrons. The van der Waals surface area contributed by atoms with E-state index in [9.17, 15) is 14.4 Å². The van der Waals surface area contributed by atoms with Gasteiger partial charge >= 0.3 is 11.9 Å². The minimum atomic E-state index is -0.999. The fourth-order valence-electron chi connectivity index (χ4n) is 5.08. The maximum Gasteiger partial charge on any atom is 0.336 e. The zero-order chi connectivity index (χ0) is 28.6. The zero-order valence-corrected chi connectivity index (χ0v) is 23.6. The number of hydrogen-bond donors (Lipinski definition) is 2. The van der Waals surface area contributed by atoms with Crippen LogP contribution in [-0.4, -0.2) is 36.5 Å². The second kappa shape index (κ2) is 11.0. The number of Topliss-reactive ketones (excluding diaryl/α,β-unsaturated/α-hetero) is 1. The lowest BCUT2D eigenvalue weighted by Crippen LogP contribution is -2.29. The molecule has 0 aromatic heterocycles. The van der Waals surface area contributed by atoms with Crippen LogP contribution >= 0.6 is 15.9 Å². The number of ketones is 1. The van der Waals surface area contributed by atoms with Crippen molar-refractivity contribution in [2.45, 2.75) is 26.4 Å². The third kappa shape index (κ3) is 4.77. The van der Waals surface area contributed by atoms with Gasteiger partial charge in [-0.05, 0) is 49.2 Å². The third-order valence-electron chi connectivity index (χ3n) is 6.92. The molecule has 0 saturated carbocycles. The Hall–Kier alpha value is -4.37. The average molecular weight is 604 g/mol. The summed E-state index contributed by atoms with van der Waals surface area (Å²) in [6, 6.07) is 17.3. The average Bonchev–Trinajstić information content (AvgIpc) is 3.23. The number of rotatable bonds is 8. The summed E-state index contributed by atoms with van der Waals surface area (Å²) in [7, 11) is 1.31. The maximum absolute atomic E-state index is 13.7. The van der Waals surface area contributed by atoms with Gasteiger partial charge in [-0.3, -0.25) is 4.79 Å². The number of carboxylic acids is 1. The Morgan fingerprint density at radius 2 is 1.68 bits per heavy atom. The van der Waals surface area contributed by atoms with Crippen molar-refractivity contribution in [1.82, 2.24) is 5.32 Å². The number of ether oxygens (including phenoxy) is 3. The van der Waals surface area contributed by atoms with Gasteiger partial charge in [0.25, 0.3) is 0 Å². The summed E-state index contributed by atoms with van der Waals surface area (Å²) >= 11 is 3.66. The molecular weight excluding hydrogens is 578 g/mol. The van der Waals surface area contributed by atoms with Crippen LogP contribution < -0.4 is 14.8 Å². The minimum absolute atomic E-state index is 0.160. The lowest BCUT2D eigenvalue weighted by Gasteiger charge is -2.30. The summed E-state index contributed by atoms with van der Waals surface area (Å²) in [4.78, 5) is 37.9. The number of carbonyl (C=O) groups excluding carboxylic acids is 2. The molecule has 0 radical (unpaired) electrons. The zero-order valence-electron chi connectivity index (χ0n) is 22.0. The van der Waals surface area contributed by atoms with E-state index in [1.165, 1.54) is 19.2 Å². The summed E-state index contributed by atoms with van der Waals surface area (Å²) in [5.41, 5.74) is 5.03. The number of nitrogens with one attached hydrogen (secondary N) is 1. The molecule has 9 heteroatoms. The monoisotopic (exact) mass is 603 g/mol. The van der Waals surface area contributed by atoms with Crippen molar-refractivity contribution < 1.29 is 33.7 Å². The molecule has 40 heavy (non-hydrogen) atoms. The molecule has 0 amide bonds. The van der Waals surface area contributed by atoms with Crippen LogP contribution in [0, 0.1) is 0 Å². The summed E-state index contributed by atoms with van der Waals surface area (Å²) < 4.78 is 17.8. The van der Waals surface area contributed by atoms with Gasteiger partial charge in [0.05, 0.1) is 36.5 Å². The highest BCUT2D eigenvalue weighted by Crippen LogP contribution is 2.50. The number of aromatic carboxylic acids is 1. The number of fused-ring (bicyclic) bond motifs is 2. The number of esters is 1. The largest absolute Gasteiger partial charge is 0.490 e. The summed E-state index contributed by atoms with van der Waals surface area (Å²) in [5, 5.41) is 12.4. The van der Waals surface area contributed by atoms with E-state index in [1.54, 1.807) is 37.3 Å². The molecule has 1 aliphatic carbocycles. The van der Waals surface area contributed by atoms with Crippen LogP contribution in [0.3, 0.4) is 0 Å². The Bertz CT molecular complexity index is 1600. The van der Waals surface area contributed by atoms with Gasteiger partial charge in [0, 0.05) is 26.9 Å². The summed E-state index contributed by atoms with van der Waals surface area (Å²) in [6.07, 6.45) is 0. The number of benzene rings is 3. The van der Waals surface area contributed by atoms with Crippen LogP contribution in [0.25, 0.3) is 5.70 Å². The maximum atomic E-state index is 13.7. The number of halogens is 1. The SMILES string of the molecule is CCOc1cc([C@@H]2C(C(=O)OC)=C(C)NC3=C2C(=O)c2ccccc23)c(Br)cc1OCc1ccc(C(=O)O)cc1. The van der Waals surface area contributed by atoms with Crippen LogP contribution in [0.5, 0.6) is 11.5 Å². The Labute approximate surface area is 239 Å². The van der Waals surface area contributed by atoms with Crippen molar-refractivity contribution in [3.63, 3.8) is 0 Å². The van der Waals surface area contributed by atoms with Gasteiger partial charge in [-0.15, -0.1) is 0 Å². The van der Waals surface area contributed by atoms with Gasteiger partial charge < -0.3 is 24.6 Å². The van der Waals surface area contributed by atoms with Gasteiger partial charge in [0.1, 0.15) is 6.61 Å². The van der Waals surface area contributed by atoms with Crippen molar-refractivity contribution in [2.24, 2.45) is 0 Å². The van der Waals surface area contributed by atoms with Gasteiger partial charge in [-0.25, -0.2) is 9.59 Å². The second-order valence-corrected chi connectivity index (χ2v) is 10.2. The number of hydrogen-bond acceptors (Lipinski definition) is 7. The lowest BCUT2D eigenvalue weighted by atomic mass is 9.79. The van der Waals surface area contributed by atoms with E-state index in [0.717, 1.165) is 11.1 Å². The Kier molecular flexibility index (Phi) is 7.49. The number of methoxy groups -OCH3 is 1. The molecule has 3 aromatic carbocycles. The van der Waals surface area contributed by atoms with Gasteiger partial charge in [0.15, 0.2) is 17.3 Å². The molecule has 0 fully saturated rings. The summed E-state index contributed by atoms with van der Waals surface area (Å²) in [6.45, 7) is 4.17. The first kappa shape index (κ1) is 27.2. The molecule has 5 rings (SSSR count). The minimum Gasteiger partial charge on any atom is -0.490 e. The van der Waals surface area contributed by atoms with Gasteiger partial charge in [-0.1, -0.05) is 52.3 Å². The highest BCUT2D eigenvalue weighted by Gasteiger charge is 2.43. The number of dihydropyridines is 1. The normalized spacial score (nSPS) is 15.8. The van der Waals surface area contributed by atoms with Crippen molar-refractivity contribution in [3.05, 3.63) is 110 Å². The first-order valence-corrected chi connectivity index (χ1v) is 13.4. The number of carbonyl (C=O) groups is 3. The fraction of sp³-hybridized carbons (Fsp3) is 0.194. The molecule has 0 spiro atoms. The van der Waals surface area contributed by atoms with Crippen LogP contribution in [0.2, 0.25) is 0 Å². The lowest BCUT2D eigenvalue weighted by molar-refractivity contribution is -0.136. The Morgan fingerprint density at radius 3 is 2.33 bits per heavy atom. The van der Waals surface area contributed by atoms with Crippen molar-refractivity contribution in [3.8, 4) is 11.5 Å². The highest BCUT2D eigenvalue weighted by molar-refractivity contribution is 9.10. The molecule has 3 aromatic rings. The van der Waals surface area contributed by atoms with E-state index in [2.05, 4.69) is 21.2 Å². The van der Waals surface area contributed by atoms with E-state index in [4.69, 9.17) is 19.3 Å². The Balaban J connectivity index is 1.57. The number of allylic oxidation sites excluding steroid dienone is 2. The van der Waals surface area contributed by atoms with E-state index in [0.29, 0.717) is 56.2 Å². The first-order valence-electron chi connectivity index (χ1n) is 12.6. The quantitative estimate of drug-likeness (QED) is 0.308. The standard InChI is InChI=1S/C31H26BrNO7/c1-4-39-23-13-21(22(32)14-24(23)40-15-17-9-11-18(12-10-17)30(35)36)26-25(31(37)38-3)16(2)33-28-19-7-5-6-8-20(19)29(34)27(26)28/h5-14,26,33H,4,15H2,1-3H3,(H,35,36)/t26-/m1/s1. The molecule has 2 N–H and O–H groups in total. The third-order valence-corrected chi connectivity index (χ3v) is 7.61. The fourth-order valence-corrected chi connectivity index (χ4v) is 5.63. The van der Waals surface area contributed by atoms with Crippen LogP contribution in [0.4, 0.5) is 0 Å². The highest BCUT2D eigenvalue weighted by atomic mass is 79.9. The van der Waals surface area contributed by atoms with Crippen molar-refractivity contribution >= 4 is 39.3 Å². The summed E-state index contributed by atoms with van der Waals surface area (Å²) in [5.74, 6) is -1.54. The van der Waals surface area contributed by atoms with Crippen LogP contribution in [-0.2, 0) is 16.1 Å². The van der Waals surface area contributed by atoms with Crippen molar-refractivity contribution in [2.75, 3.05) is 13.7 Å². The molecule has 1 aliphatic heterocycles. The van der Waals surface area contributed by atoms with Crippen LogP contribution in [0.1, 0.15) is 57.2 Å². The predicted octanol–water partition coefficient (Wildman–Crippen LogP) is 5.87. The van der Waals surface area contributed by atoms with E-state index < -0.39 is 17.9 Å². The van der Waals surface area contributed by atoms with Crippen molar-refractivity contribution in [1.29, 1.82) is 0 Å². The number of carboxylic acid groups (broad SMARTS) is 1. The molecular formula is C31H26BrNO7. The van der Waals surface area contributed by atoms with E-state index >= 15 is 0 Å². The van der Waals surface area contributed by atoms with E-state index in [-0.39, 0.29) is 18.0 Å². The molecule has 1 heterocycles. The van der Waals surface area contributed by atoms with Gasteiger partial charge in [-0.2, -0.15) is 0 Å². The molecule has 0 saturated heterocycles. The van der Waals surface area contributed by atoms with Gasteiger partial charge in [0.2, 0.25) is 0 Å². The molecule has 2 aliphatic rings. The molecule has 1 atom stereocenters. The second-order valence-electron chi connectivity index (χ2n) is 9.30. The predicted molar refractivity (Wildman–Crippen MR) is 151 cm³/mol. The topological polar surface area (TPSA) is 111 Å². The molecule has 0 bridgehead atoms. The Morgan fingerprint density at radius 1 is 1.00 bits per heavy atom. The van der Waals surface area contributed by atoms with Crippen LogP contribution in [0.15, 0.2) is 82.0 Å². The first-order chi connectivity index (χ1) is 19.2. The van der Waals surface area contributed by atoms with E-state index in [1.807, 2.05) is 25.1 Å². The smallest absolute Gasteiger partial charge is 0.336 e.